The third-order valence-corrected chi connectivity index (χ3v) is 9.12. The zero-order valence-electron chi connectivity index (χ0n) is 24.9. The van der Waals surface area contributed by atoms with Crippen molar-refractivity contribution in [2.24, 2.45) is 0 Å². The molecule has 0 aliphatic heterocycles. The highest BCUT2D eigenvalue weighted by molar-refractivity contribution is 6.09. The molecule has 0 amide bonds. The van der Waals surface area contributed by atoms with Crippen LogP contribution < -0.4 is 0 Å². The minimum Gasteiger partial charge on any atom is -0.309 e. The Bertz CT molecular complexity index is 2340. The van der Waals surface area contributed by atoms with Crippen LogP contribution in [0.3, 0.4) is 0 Å². The monoisotopic (exact) mass is 575 g/mol. The topological polar surface area (TPSA) is 30.7 Å². The molecule has 3 nitrogen and oxygen atoms in total. The van der Waals surface area contributed by atoms with Gasteiger partial charge >= 0.3 is 0 Å². The fraction of sp³-hybridized carbons (Fsp3) is 0.0476. The van der Waals surface area contributed by atoms with E-state index in [1.165, 1.54) is 55.3 Å². The van der Waals surface area contributed by atoms with Crippen molar-refractivity contribution in [2.45, 2.75) is 13.3 Å². The predicted molar refractivity (Wildman–Crippen MR) is 186 cm³/mol. The number of rotatable bonds is 4. The summed E-state index contributed by atoms with van der Waals surface area (Å²) < 4.78 is 2.41. The van der Waals surface area contributed by atoms with Gasteiger partial charge < -0.3 is 4.57 Å². The zero-order valence-corrected chi connectivity index (χ0v) is 24.9. The van der Waals surface area contributed by atoms with E-state index in [9.17, 15) is 0 Å². The van der Waals surface area contributed by atoms with Crippen LogP contribution in [0.15, 0.2) is 146 Å². The fourth-order valence-corrected chi connectivity index (χ4v) is 6.98. The molecule has 0 fully saturated rings. The molecule has 2 heterocycles. The van der Waals surface area contributed by atoms with Crippen LogP contribution in [-0.4, -0.2) is 14.5 Å². The third-order valence-electron chi connectivity index (χ3n) is 9.12. The molecule has 2 aromatic heterocycles. The molecule has 0 saturated heterocycles. The molecule has 1 aliphatic carbocycles. The highest BCUT2D eigenvalue weighted by Crippen LogP contribution is 2.43. The maximum Gasteiger partial charge on any atom is 0.160 e. The molecule has 0 atom stereocenters. The average molecular weight is 576 g/mol. The molecule has 6 aromatic carbocycles. The van der Waals surface area contributed by atoms with E-state index in [-0.39, 0.29) is 0 Å². The van der Waals surface area contributed by atoms with Crippen LogP contribution >= 0.6 is 0 Å². The zero-order chi connectivity index (χ0) is 29.9. The van der Waals surface area contributed by atoms with Gasteiger partial charge in [-0.3, -0.25) is 0 Å². The molecule has 0 unspecified atom stereocenters. The van der Waals surface area contributed by atoms with E-state index >= 15 is 0 Å². The second kappa shape index (κ2) is 10.1. The van der Waals surface area contributed by atoms with Crippen molar-refractivity contribution in [1.82, 2.24) is 14.5 Å². The molecule has 45 heavy (non-hydrogen) atoms. The van der Waals surface area contributed by atoms with E-state index in [2.05, 4.69) is 145 Å². The van der Waals surface area contributed by atoms with Gasteiger partial charge in [0.2, 0.25) is 0 Å². The number of para-hydroxylation sites is 1. The maximum absolute atomic E-state index is 5.16. The van der Waals surface area contributed by atoms with Crippen LogP contribution in [-0.2, 0) is 6.42 Å². The van der Waals surface area contributed by atoms with E-state index in [4.69, 9.17) is 9.97 Å². The number of aryl methyl sites for hydroxylation is 1. The summed E-state index contributed by atoms with van der Waals surface area (Å²) in [5.74, 6) is 0.762. The molecule has 8 aromatic rings. The molecule has 3 heteroatoms. The molecule has 1 aliphatic rings. The Kier molecular flexibility index (Phi) is 5.79. The van der Waals surface area contributed by atoms with Gasteiger partial charge in [0.05, 0.1) is 22.4 Å². The van der Waals surface area contributed by atoms with Crippen LogP contribution in [0, 0.1) is 6.92 Å². The Balaban J connectivity index is 1.21. The summed E-state index contributed by atoms with van der Waals surface area (Å²) in [6, 6.07) is 51.9. The summed E-state index contributed by atoms with van der Waals surface area (Å²) in [4.78, 5) is 10.3. The molecule has 0 spiro atoms. The average Bonchev–Trinajstić information content (AvgIpc) is 3.64. The summed E-state index contributed by atoms with van der Waals surface area (Å²) in [6.07, 6.45) is 0.854. The Morgan fingerprint density at radius 2 is 1.18 bits per heavy atom. The lowest BCUT2D eigenvalue weighted by Crippen LogP contribution is -1.98. The summed E-state index contributed by atoms with van der Waals surface area (Å²) in [5, 5.41) is 2.57. The van der Waals surface area contributed by atoms with Crippen molar-refractivity contribution in [2.75, 3.05) is 0 Å². The number of nitrogens with zero attached hydrogens (tertiary/aromatic N) is 3. The van der Waals surface area contributed by atoms with E-state index in [0.717, 1.165) is 40.3 Å². The number of benzene rings is 6. The van der Waals surface area contributed by atoms with E-state index in [1.54, 1.807) is 0 Å². The van der Waals surface area contributed by atoms with Crippen LogP contribution in [0.4, 0.5) is 0 Å². The van der Waals surface area contributed by atoms with Crippen LogP contribution in [0.5, 0.6) is 0 Å². The van der Waals surface area contributed by atoms with Crippen molar-refractivity contribution in [3.8, 4) is 50.7 Å². The molecular formula is C42H29N3. The van der Waals surface area contributed by atoms with Gasteiger partial charge in [-0.25, -0.2) is 9.97 Å². The minimum absolute atomic E-state index is 0.762. The Hall–Kier alpha value is -5.80. The number of aromatic nitrogens is 3. The molecular weight excluding hydrogens is 546 g/mol. The first-order valence-electron chi connectivity index (χ1n) is 15.5. The number of fused-ring (bicyclic) bond motifs is 6. The van der Waals surface area contributed by atoms with Crippen LogP contribution in [0.25, 0.3) is 72.5 Å². The van der Waals surface area contributed by atoms with Crippen molar-refractivity contribution in [3.05, 3.63) is 162 Å². The van der Waals surface area contributed by atoms with Gasteiger partial charge in [-0.05, 0) is 72.0 Å². The standard InChI is InChI=1S/C42H29N3/c1-27-19-22-41-37(23-27)33-15-8-9-18-40(33)45(41)31-21-20-30-24-36-32(35(30)25-31)16-10-17-34(36)42-43-38(28-11-4-2-5-12-28)26-39(44-42)29-13-6-3-7-14-29/h2-23,25-26H,24H2,1H3. The first-order valence-corrected chi connectivity index (χ1v) is 15.5. The second-order valence-electron chi connectivity index (χ2n) is 11.9. The summed E-state index contributed by atoms with van der Waals surface area (Å²) in [5.41, 5.74) is 15.2. The molecule has 0 N–H and O–H groups in total. The SMILES string of the molecule is Cc1ccc2c(c1)c1ccccc1n2-c1ccc2c(c1)-c1cccc(-c3nc(-c4ccccc4)cc(-c4ccccc4)n3)c1C2. The summed E-state index contributed by atoms with van der Waals surface area (Å²) >= 11 is 0. The minimum atomic E-state index is 0.762. The Morgan fingerprint density at radius 1 is 0.511 bits per heavy atom. The quantitative estimate of drug-likeness (QED) is 0.209. The Morgan fingerprint density at radius 3 is 1.93 bits per heavy atom. The highest BCUT2D eigenvalue weighted by atomic mass is 15.0. The first kappa shape index (κ1) is 25.7. The smallest absolute Gasteiger partial charge is 0.160 e. The molecule has 0 saturated carbocycles. The lowest BCUT2D eigenvalue weighted by molar-refractivity contribution is 1.16. The molecule has 0 bridgehead atoms. The highest BCUT2D eigenvalue weighted by Gasteiger charge is 2.24. The van der Waals surface area contributed by atoms with Gasteiger partial charge in [0.25, 0.3) is 0 Å². The fourth-order valence-electron chi connectivity index (χ4n) is 6.98. The first-order chi connectivity index (χ1) is 22.2. The molecule has 9 rings (SSSR count). The van der Waals surface area contributed by atoms with Crippen molar-refractivity contribution >= 4 is 21.8 Å². The molecule has 0 radical (unpaired) electrons. The van der Waals surface area contributed by atoms with Gasteiger partial charge in [-0.1, -0.05) is 115 Å². The van der Waals surface area contributed by atoms with Crippen molar-refractivity contribution < 1.29 is 0 Å². The lowest BCUT2D eigenvalue weighted by Gasteiger charge is -2.12. The predicted octanol–water partition coefficient (Wildman–Crippen LogP) is 10.5. The maximum atomic E-state index is 5.16. The molecule has 212 valence electrons. The van der Waals surface area contributed by atoms with Crippen LogP contribution in [0.1, 0.15) is 16.7 Å². The summed E-state index contributed by atoms with van der Waals surface area (Å²) in [7, 11) is 0. The van der Waals surface area contributed by atoms with E-state index < -0.39 is 0 Å². The summed E-state index contributed by atoms with van der Waals surface area (Å²) in [6.45, 7) is 2.16. The second-order valence-corrected chi connectivity index (χ2v) is 11.9. The number of hydrogen-bond acceptors (Lipinski definition) is 2. The van der Waals surface area contributed by atoms with E-state index in [1.807, 2.05) is 12.1 Å². The third kappa shape index (κ3) is 4.20. The van der Waals surface area contributed by atoms with Gasteiger partial charge in [-0.2, -0.15) is 0 Å². The Labute approximate surface area is 262 Å². The van der Waals surface area contributed by atoms with E-state index in [0.29, 0.717) is 0 Å². The van der Waals surface area contributed by atoms with Gasteiger partial charge in [0.15, 0.2) is 5.82 Å². The van der Waals surface area contributed by atoms with Crippen molar-refractivity contribution in [1.29, 1.82) is 0 Å². The van der Waals surface area contributed by atoms with Gasteiger partial charge in [-0.15, -0.1) is 0 Å². The normalized spacial score (nSPS) is 12.0. The van der Waals surface area contributed by atoms with Crippen molar-refractivity contribution in [3.63, 3.8) is 0 Å². The van der Waals surface area contributed by atoms with Gasteiger partial charge in [0, 0.05) is 33.2 Å². The van der Waals surface area contributed by atoms with Gasteiger partial charge in [0.1, 0.15) is 0 Å². The lowest BCUT2D eigenvalue weighted by atomic mass is 10.00. The van der Waals surface area contributed by atoms with Crippen LogP contribution in [0.2, 0.25) is 0 Å². The largest absolute Gasteiger partial charge is 0.309 e. The number of hydrogen-bond donors (Lipinski definition) is 0.